The van der Waals surface area contributed by atoms with E-state index in [0.29, 0.717) is 45.6 Å². The fourth-order valence-corrected chi connectivity index (χ4v) is 6.23. The summed E-state index contributed by atoms with van der Waals surface area (Å²) < 4.78 is 27.8. The second-order valence-electron chi connectivity index (χ2n) is 15.2. The fourth-order valence-electron chi connectivity index (χ4n) is 6.23. The molecule has 0 aliphatic carbocycles. The van der Waals surface area contributed by atoms with Crippen LogP contribution in [0.2, 0.25) is 0 Å². The van der Waals surface area contributed by atoms with Crippen LogP contribution in [0, 0.1) is 0 Å². The Bertz CT molecular complexity index is 1470. The zero-order chi connectivity index (χ0) is 47.2. The van der Waals surface area contributed by atoms with E-state index < -0.39 is 66.1 Å². The molecule has 0 spiro atoms. The molecule has 0 radical (unpaired) electrons. The number of carbonyl (C=O) groups is 7. The Morgan fingerprint density at radius 1 is 0.500 bits per heavy atom. The van der Waals surface area contributed by atoms with E-state index in [1.54, 1.807) is 0 Å². The first-order valence-corrected chi connectivity index (χ1v) is 23.4. The van der Waals surface area contributed by atoms with Crippen molar-refractivity contribution in [2.75, 3.05) is 58.9 Å². The minimum atomic E-state index is -1.84. The van der Waals surface area contributed by atoms with E-state index in [0.717, 1.165) is 76.6 Å². The van der Waals surface area contributed by atoms with E-state index in [-0.39, 0.29) is 45.3 Å². The molecule has 0 saturated heterocycles. The number of amides is 2. The van der Waals surface area contributed by atoms with Crippen LogP contribution in [0.1, 0.15) is 130 Å². The van der Waals surface area contributed by atoms with Crippen LogP contribution in [0.5, 0.6) is 0 Å². The monoisotopic (exact) mass is 907 g/mol. The van der Waals surface area contributed by atoms with Crippen molar-refractivity contribution in [1.82, 2.24) is 26.6 Å². The molecule has 0 fully saturated rings. The SMILES string of the molecule is CCC(=O)OC(C(=O)CCCNCCNCCNCCN)C(OC(=O)CC)C(OC(=O)CC)C(OC(=O)CC)C(=O)NCCCCCCCCCCCNC(=O)OCc1ccccc1. The Morgan fingerprint density at radius 2 is 0.938 bits per heavy atom. The predicted octanol–water partition coefficient (Wildman–Crippen LogP) is 3.90. The van der Waals surface area contributed by atoms with Gasteiger partial charge in [-0.2, -0.15) is 0 Å². The highest BCUT2D eigenvalue weighted by Gasteiger charge is 2.49. The third-order valence-corrected chi connectivity index (χ3v) is 9.89. The molecule has 4 unspecified atom stereocenters. The summed E-state index contributed by atoms with van der Waals surface area (Å²) in [5.74, 6) is -4.71. The van der Waals surface area contributed by atoms with Gasteiger partial charge in [0, 0.05) is 84.5 Å². The summed E-state index contributed by atoms with van der Waals surface area (Å²) in [6.45, 7) is 11.7. The van der Waals surface area contributed by atoms with Crippen LogP contribution >= 0.6 is 0 Å². The molecule has 0 aromatic heterocycles. The Labute approximate surface area is 380 Å². The Balaban J connectivity index is 2.83. The van der Waals surface area contributed by atoms with E-state index in [4.69, 9.17) is 29.4 Å². The Hall–Kier alpha value is -4.65. The molecule has 0 aliphatic heterocycles. The molecule has 4 atom stereocenters. The number of ether oxygens (including phenoxy) is 5. The van der Waals surface area contributed by atoms with Gasteiger partial charge in [0.25, 0.3) is 5.91 Å². The molecule has 0 bridgehead atoms. The van der Waals surface area contributed by atoms with E-state index in [1.807, 2.05) is 30.3 Å². The number of Topliss-reactive ketones (excluding diaryl/α,β-unsaturated/α-hetero) is 1. The lowest BCUT2D eigenvalue weighted by atomic mass is 9.96. The highest BCUT2D eigenvalue weighted by atomic mass is 16.6. The van der Waals surface area contributed by atoms with Gasteiger partial charge in [-0.15, -0.1) is 0 Å². The first kappa shape index (κ1) is 57.4. The van der Waals surface area contributed by atoms with Gasteiger partial charge in [-0.25, -0.2) is 4.79 Å². The minimum absolute atomic E-state index is 0.114. The van der Waals surface area contributed by atoms with Crippen molar-refractivity contribution in [3.05, 3.63) is 35.9 Å². The zero-order valence-electron chi connectivity index (χ0n) is 38.9. The van der Waals surface area contributed by atoms with Crippen molar-refractivity contribution < 1.29 is 57.2 Å². The lowest BCUT2D eigenvalue weighted by molar-refractivity contribution is -0.202. The summed E-state index contributed by atoms with van der Waals surface area (Å²) >= 11 is 0. The number of esters is 4. The fraction of sp³-hybridized carbons (Fsp3) is 0.717. The smallest absolute Gasteiger partial charge is 0.407 e. The van der Waals surface area contributed by atoms with Crippen LogP contribution in [0.3, 0.4) is 0 Å². The van der Waals surface area contributed by atoms with Crippen LogP contribution < -0.4 is 32.3 Å². The highest BCUT2D eigenvalue weighted by Crippen LogP contribution is 2.23. The van der Waals surface area contributed by atoms with Gasteiger partial charge in [-0.1, -0.05) is 103 Å². The number of nitrogens with two attached hydrogens (primary N) is 1. The van der Waals surface area contributed by atoms with Crippen LogP contribution in [-0.2, 0) is 59.1 Å². The normalized spacial score (nSPS) is 12.8. The first-order chi connectivity index (χ1) is 31.0. The van der Waals surface area contributed by atoms with Crippen molar-refractivity contribution in [2.24, 2.45) is 5.73 Å². The molecule has 364 valence electrons. The predicted molar refractivity (Wildman–Crippen MR) is 242 cm³/mol. The average molecular weight is 907 g/mol. The second kappa shape index (κ2) is 37.7. The van der Waals surface area contributed by atoms with Crippen molar-refractivity contribution in [1.29, 1.82) is 0 Å². The molecule has 0 heterocycles. The number of carbonyl (C=O) groups excluding carboxylic acids is 7. The van der Waals surface area contributed by atoms with E-state index >= 15 is 0 Å². The number of hydrogen-bond donors (Lipinski definition) is 6. The van der Waals surface area contributed by atoms with Gasteiger partial charge >= 0.3 is 30.0 Å². The molecule has 64 heavy (non-hydrogen) atoms. The second-order valence-corrected chi connectivity index (χ2v) is 15.2. The summed E-state index contributed by atoms with van der Waals surface area (Å²) in [6.07, 6.45) is 0.267. The molecular formula is C46H78N6O12. The Kier molecular flexibility index (Phi) is 33.8. The topological polar surface area (TPSA) is 252 Å². The van der Waals surface area contributed by atoms with Crippen LogP contribution in [0.4, 0.5) is 4.79 Å². The van der Waals surface area contributed by atoms with Crippen LogP contribution in [0.15, 0.2) is 30.3 Å². The van der Waals surface area contributed by atoms with Gasteiger partial charge in [0.05, 0.1) is 0 Å². The van der Waals surface area contributed by atoms with Gasteiger partial charge in [0.1, 0.15) is 6.61 Å². The molecule has 0 saturated carbocycles. The average Bonchev–Trinajstić information content (AvgIpc) is 3.30. The molecule has 1 rings (SSSR count). The summed E-state index contributed by atoms with van der Waals surface area (Å²) in [5, 5.41) is 15.3. The maximum atomic E-state index is 13.9. The van der Waals surface area contributed by atoms with Gasteiger partial charge in [0.2, 0.25) is 12.2 Å². The maximum Gasteiger partial charge on any atom is 0.407 e. The largest absolute Gasteiger partial charge is 0.454 e. The Morgan fingerprint density at radius 3 is 1.45 bits per heavy atom. The van der Waals surface area contributed by atoms with Gasteiger partial charge in [0.15, 0.2) is 18.0 Å². The van der Waals surface area contributed by atoms with Crippen molar-refractivity contribution in [3.63, 3.8) is 0 Å². The summed E-state index contributed by atoms with van der Waals surface area (Å²) in [5.41, 5.74) is 6.41. The van der Waals surface area contributed by atoms with Crippen molar-refractivity contribution in [3.8, 4) is 0 Å². The lowest BCUT2D eigenvalue weighted by Crippen LogP contribution is -2.58. The van der Waals surface area contributed by atoms with Crippen molar-refractivity contribution in [2.45, 2.75) is 155 Å². The van der Waals surface area contributed by atoms with Crippen LogP contribution in [-0.4, -0.2) is 125 Å². The first-order valence-electron chi connectivity index (χ1n) is 23.4. The van der Waals surface area contributed by atoms with Crippen LogP contribution in [0.25, 0.3) is 0 Å². The van der Waals surface area contributed by atoms with Gasteiger partial charge in [-0.05, 0) is 31.4 Å². The number of nitrogens with one attached hydrogen (secondary N) is 5. The number of alkyl carbamates (subject to hydrolysis) is 1. The van der Waals surface area contributed by atoms with E-state index in [2.05, 4.69) is 26.6 Å². The van der Waals surface area contributed by atoms with E-state index in [9.17, 15) is 33.6 Å². The van der Waals surface area contributed by atoms with Crippen molar-refractivity contribution >= 4 is 41.7 Å². The summed E-state index contributed by atoms with van der Waals surface area (Å²) in [6, 6.07) is 9.51. The number of benzene rings is 1. The molecule has 1 aromatic rings. The van der Waals surface area contributed by atoms with Gasteiger partial charge in [-0.3, -0.25) is 28.8 Å². The number of unbranched alkanes of at least 4 members (excludes halogenated alkanes) is 8. The summed E-state index contributed by atoms with van der Waals surface area (Å²) in [7, 11) is 0. The minimum Gasteiger partial charge on any atom is -0.454 e. The quantitative estimate of drug-likeness (QED) is 0.0311. The number of rotatable bonds is 39. The molecule has 18 heteroatoms. The molecule has 7 N–H and O–H groups in total. The lowest BCUT2D eigenvalue weighted by Gasteiger charge is -2.35. The number of hydrogen-bond acceptors (Lipinski definition) is 16. The molecule has 18 nitrogen and oxygen atoms in total. The molecular weight excluding hydrogens is 829 g/mol. The third kappa shape index (κ3) is 27.5. The maximum absolute atomic E-state index is 13.9. The highest BCUT2D eigenvalue weighted by molar-refractivity contribution is 5.88. The van der Waals surface area contributed by atoms with E-state index in [1.165, 1.54) is 27.7 Å². The molecule has 2 amide bonds. The summed E-state index contributed by atoms with van der Waals surface area (Å²) in [4.78, 5) is 91.0. The standard InChI is InChI=1S/C46H78N6O12/c1-5-37(54)61-41(36(53)24-21-26-48-30-32-50-33-31-49-29-25-47)42(62-38(55)6-2)43(63-39(56)7-3)44(64-40(57)8-4)45(58)51-27-19-14-12-10-9-11-13-15-20-28-52-46(59)60-34-35-22-17-16-18-23-35/h16-18,22-23,41-44,48-50H,5-15,19-21,24-34,47H2,1-4H3,(H,51,58)(H,52,59). The number of ketones is 1. The van der Waals surface area contributed by atoms with Gasteiger partial charge < -0.3 is 56.0 Å². The molecule has 1 aromatic carbocycles. The molecule has 0 aliphatic rings. The third-order valence-electron chi connectivity index (χ3n) is 9.89. The zero-order valence-corrected chi connectivity index (χ0v) is 38.9.